The van der Waals surface area contributed by atoms with Gasteiger partial charge in [-0.1, -0.05) is 6.07 Å². The fourth-order valence-electron chi connectivity index (χ4n) is 3.14. The minimum Gasteiger partial charge on any atom is -0.328 e. The summed E-state index contributed by atoms with van der Waals surface area (Å²) < 4.78 is 26.9. The molecule has 0 radical (unpaired) electrons. The maximum Gasteiger partial charge on any atom is 0.243 e. The molecule has 1 aromatic carbocycles. The molecule has 1 aliphatic carbocycles. The Kier molecular flexibility index (Phi) is 3.84. The Labute approximate surface area is 121 Å². The lowest BCUT2D eigenvalue weighted by molar-refractivity contribution is 0.320. The molecular weight excluding hydrogens is 272 g/mol. The molecule has 2 N–H and O–H groups in total. The summed E-state index contributed by atoms with van der Waals surface area (Å²) in [5.74, 6) is 0. The van der Waals surface area contributed by atoms with Gasteiger partial charge in [-0.25, -0.2) is 8.42 Å². The first-order valence-electron chi connectivity index (χ1n) is 7.45. The van der Waals surface area contributed by atoms with E-state index < -0.39 is 10.0 Å². The molecule has 0 saturated carbocycles. The highest BCUT2D eigenvalue weighted by Crippen LogP contribution is 2.26. The van der Waals surface area contributed by atoms with Gasteiger partial charge in [0.05, 0.1) is 4.90 Å². The molecule has 3 rings (SSSR count). The van der Waals surface area contributed by atoms with Crippen molar-refractivity contribution in [3.05, 3.63) is 29.3 Å². The van der Waals surface area contributed by atoms with Crippen LogP contribution in [0.2, 0.25) is 0 Å². The van der Waals surface area contributed by atoms with Crippen LogP contribution >= 0.6 is 0 Å². The lowest BCUT2D eigenvalue weighted by Gasteiger charge is -2.29. The van der Waals surface area contributed by atoms with E-state index in [1.165, 1.54) is 17.5 Å². The van der Waals surface area contributed by atoms with Crippen LogP contribution in [0.3, 0.4) is 0 Å². The van der Waals surface area contributed by atoms with Crippen LogP contribution in [0.15, 0.2) is 23.1 Å². The number of nitrogens with two attached hydrogens (primary N) is 1. The molecule has 1 saturated heterocycles. The average Bonchev–Trinajstić information content (AvgIpc) is 2.47. The van der Waals surface area contributed by atoms with Crippen molar-refractivity contribution in [2.45, 2.75) is 49.5 Å². The van der Waals surface area contributed by atoms with E-state index in [2.05, 4.69) is 0 Å². The standard InChI is InChI=1S/C15H22N2O2S/c16-14-7-9-17(10-8-14)20(18,19)15-6-5-12-3-1-2-4-13(12)11-15/h5-6,11,14H,1-4,7-10,16H2. The number of nitrogens with zero attached hydrogens (tertiary/aromatic N) is 1. The number of benzene rings is 1. The lowest BCUT2D eigenvalue weighted by atomic mass is 9.92. The van der Waals surface area contributed by atoms with E-state index in [0.717, 1.165) is 32.1 Å². The Hall–Kier alpha value is -0.910. The highest BCUT2D eigenvalue weighted by atomic mass is 32.2. The van der Waals surface area contributed by atoms with Crippen molar-refractivity contribution in [1.29, 1.82) is 0 Å². The van der Waals surface area contributed by atoms with Crippen molar-refractivity contribution in [2.75, 3.05) is 13.1 Å². The molecule has 1 heterocycles. The van der Waals surface area contributed by atoms with Crippen LogP contribution in [-0.2, 0) is 22.9 Å². The van der Waals surface area contributed by atoms with Crippen molar-refractivity contribution in [3.63, 3.8) is 0 Å². The van der Waals surface area contributed by atoms with Gasteiger partial charge in [-0.2, -0.15) is 4.31 Å². The van der Waals surface area contributed by atoms with Gasteiger partial charge in [-0.3, -0.25) is 0 Å². The number of hydrogen-bond donors (Lipinski definition) is 1. The summed E-state index contributed by atoms with van der Waals surface area (Å²) in [4.78, 5) is 0.452. The number of aryl methyl sites for hydroxylation is 2. The van der Waals surface area contributed by atoms with Crippen molar-refractivity contribution in [1.82, 2.24) is 4.31 Å². The van der Waals surface area contributed by atoms with E-state index in [1.807, 2.05) is 12.1 Å². The third-order valence-electron chi connectivity index (χ3n) is 4.46. The van der Waals surface area contributed by atoms with Gasteiger partial charge < -0.3 is 5.73 Å². The molecule has 5 heteroatoms. The van der Waals surface area contributed by atoms with Crippen LogP contribution < -0.4 is 5.73 Å². The summed E-state index contributed by atoms with van der Waals surface area (Å²) in [5, 5.41) is 0. The molecule has 4 nitrogen and oxygen atoms in total. The van der Waals surface area contributed by atoms with Crippen LogP contribution in [0.5, 0.6) is 0 Å². The Morgan fingerprint density at radius 2 is 1.70 bits per heavy atom. The first kappa shape index (κ1) is 14.0. The van der Waals surface area contributed by atoms with Gasteiger partial charge in [-0.05, 0) is 61.8 Å². The van der Waals surface area contributed by atoms with Gasteiger partial charge in [-0.15, -0.1) is 0 Å². The van der Waals surface area contributed by atoms with Crippen LogP contribution in [0.25, 0.3) is 0 Å². The quantitative estimate of drug-likeness (QED) is 0.902. The molecule has 0 spiro atoms. The molecule has 0 amide bonds. The number of sulfonamides is 1. The molecule has 0 aromatic heterocycles. The van der Waals surface area contributed by atoms with Crippen LogP contribution in [0.1, 0.15) is 36.8 Å². The van der Waals surface area contributed by atoms with Crippen LogP contribution in [0.4, 0.5) is 0 Å². The summed E-state index contributed by atoms with van der Waals surface area (Å²) in [5.41, 5.74) is 8.38. The Morgan fingerprint density at radius 3 is 2.40 bits per heavy atom. The van der Waals surface area contributed by atoms with Crippen molar-refractivity contribution < 1.29 is 8.42 Å². The largest absolute Gasteiger partial charge is 0.328 e. The van der Waals surface area contributed by atoms with Gasteiger partial charge in [0.15, 0.2) is 0 Å². The normalized spacial score (nSPS) is 21.6. The van der Waals surface area contributed by atoms with Gasteiger partial charge >= 0.3 is 0 Å². The molecule has 20 heavy (non-hydrogen) atoms. The highest BCUT2D eigenvalue weighted by Gasteiger charge is 2.28. The van der Waals surface area contributed by atoms with E-state index in [0.29, 0.717) is 18.0 Å². The SMILES string of the molecule is NC1CCN(S(=O)(=O)c2ccc3c(c2)CCCC3)CC1. The van der Waals surface area contributed by atoms with E-state index in [-0.39, 0.29) is 6.04 Å². The molecule has 1 fully saturated rings. The molecule has 0 bridgehead atoms. The monoisotopic (exact) mass is 294 g/mol. The van der Waals surface area contributed by atoms with Crippen LogP contribution in [0, 0.1) is 0 Å². The number of rotatable bonds is 2. The van der Waals surface area contributed by atoms with Gasteiger partial charge in [0.25, 0.3) is 0 Å². The second kappa shape index (κ2) is 5.47. The Morgan fingerprint density at radius 1 is 1.05 bits per heavy atom. The van der Waals surface area contributed by atoms with Crippen molar-refractivity contribution >= 4 is 10.0 Å². The minimum atomic E-state index is -3.34. The van der Waals surface area contributed by atoms with E-state index in [1.54, 1.807) is 10.4 Å². The second-order valence-corrected chi connectivity index (χ2v) is 7.82. The molecule has 1 aromatic rings. The average molecular weight is 294 g/mol. The van der Waals surface area contributed by atoms with Gasteiger partial charge in [0.1, 0.15) is 0 Å². The predicted octanol–water partition coefficient (Wildman–Crippen LogP) is 1.68. The minimum absolute atomic E-state index is 0.144. The topological polar surface area (TPSA) is 63.4 Å². The summed E-state index contributed by atoms with van der Waals surface area (Å²) in [7, 11) is -3.34. The van der Waals surface area contributed by atoms with Crippen LogP contribution in [-0.4, -0.2) is 31.9 Å². The van der Waals surface area contributed by atoms with Crippen molar-refractivity contribution in [3.8, 4) is 0 Å². The van der Waals surface area contributed by atoms with Crippen molar-refractivity contribution in [2.24, 2.45) is 5.73 Å². The highest BCUT2D eigenvalue weighted by molar-refractivity contribution is 7.89. The maximum atomic E-state index is 12.7. The molecule has 2 aliphatic rings. The summed E-state index contributed by atoms with van der Waals surface area (Å²) in [6.07, 6.45) is 5.96. The summed E-state index contributed by atoms with van der Waals surface area (Å²) >= 11 is 0. The first-order valence-corrected chi connectivity index (χ1v) is 8.89. The molecule has 0 atom stereocenters. The second-order valence-electron chi connectivity index (χ2n) is 5.88. The fourth-order valence-corrected chi connectivity index (χ4v) is 4.66. The Bertz CT molecular complexity index is 590. The first-order chi connectivity index (χ1) is 9.57. The summed E-state index contributed by atoms with van der Waals surface area (Å²) in [6.45, 7) is 1.08. The van der Waals surface area contributed by atoms with E-state index in [4.69, 9.17) is 5.73 Å². The number of fused-ring (bicyclic) bond motifs is 1. The molecular formula is C15H22N2O2S. The number of hydrogen-bond acceptors (Lipinski definition) is 3. The Balaban J connectivity index is 1.87. The van der Waals surface area contributed by atoms with E-state index in [9.17, 15) is 8.42 Å². The predicted molar refractivity (Wildman–Crippen MR) is 79.1 cm³/mol. The molecule has 1 aliphatic heterocycles. The zero-order valence-corrected chi connectivity index (χ0v) is 12.5. The fraction of sp³-hybridized carbons (Fsp3) is 0.600. The van der Waals surface area contributed by atoms with E-state index >= 15 is 0 Å². The maximum absolute atomic E-state index is 12.7. The van der Waals surface area contributed by atoms with Gasteiger partial charge in [0, 0.05) is 19.1 Å². The molecule has 0 unspecified atom stereocenters. The zero-order chi connectivity index (χ0) is 14.2. The third-order valence-corrected chi connectivity index (χ3v) is 6.35. The smallest absolute Gasteiger partial charge is 0.243 e. The van der Waals surface area contributed by atoms with Gasteiger partial charge in [0.2, 0.25) is 10.0 Å². The number of piperidine rings is 1. The summed E-state index contributed by atoms with van der Waals surface area (Å²) in [6, 6.07) is 5.80. The molecule has 110 valence electrons. The lowest BCUT2D eigenvalue weighted by Crippen LogP contribution is -2.42. The third kappa shape index (κ3) is 2.62. The zero-order valence-electron chi connectivity index (χ0n) is 11.7.